The molecule has 3 aromatic carbocycles. The lowest BCUT2D eigenvalue weighted by molar-refractivity contribution is -0.136. The van der Waals surface area contributed by atoms with Gasteiger partial charge < -0.3 is 4.74 Å². The molecule has 1 spiro atoms. The van der Waals surface area contributed by atoms with Crippen LogP contribution < -0.4 is 4.74 Å². The minimum absolute atomic E-state index is 0.117. The fraction of sp³-hybridized carbons (Fsp3) is 0.353. The summed E-state index contributed by atoms with van der Waals surface area (Å²) >= 11 is 6.56. The third-order valence-corrected chi connectivity index (χ3v) is 9.53. The van der Waals surface area contributed by atoms with Gasteiger partial charge in [0.2, 0.25) is 0 Å². The highest BCUT2D eigenvalue weighted by molar-refractivity contribution is 6.36. The number of ether oxygens (including phenoxy) is 1. The molecule has 6 rings (SSSR count). The Hall–Kier alpha value is -3.95. The molecule has 6 nitrogen and oxygen atoms in total. The zero-order valence-electron chi connectivity index (χ0n) is 23.5. The van der Waals surface area contributed by atoms with Gasteiger partial charge in [0.15, 0.2) is 11.5 Å². The van der Waals surface area contributed by atoms with Crippen molar-refractivity contribution in [3.8, 4) is 16.9 Å². The normalized spacial score (nSPS) is 22.0. The smallest absolute Gasteiger partial charge is 0.191 e. The van der Waals surface area contributed by atoms with Crippen molar-refractivity contribution in [2.45, 2.75) is 52.0 Å². The molecule has 0 amide bonds. The van der Waals surface area contributed by atoms with Gasteiger partial charge in [-0.3, -0.25) is 14.3 Å². The molecule has 4 aromatic rings. The molecular formula is C34H32ClN3O3. The van der Waals surface area contributed by atoms with Gasteiger partial charge in [-0.15, -0.1) is 0 Å². The molecule has 2 aliphatic rings. The number of carbonyl (C=O) groups is 2. The molecule has 208 valence electrons. The maximum atomic E-state index is 13.6. The largest absolute Gasteiger partial charge is 0.498 e. The molecule has 0 N–H and O–H groups in total. The first-order chi connectivity index (χ1) is 19.7. The number of hydrogen-bond donors (Lipinski definition) is 0. The quantitative estimate of drug-likeness (QED) is 0.159. The Labute approximate surface area is 245 Å². The summed E-state index contributed by atoms with van der Waals surface area (Å²) < 4.78 is 7.27. The lowest BCUT2D eigenvalue weighted by Crippen LogP contribution is -2.49. The van der Waals surface area contributed by atoms with Gasteiger partial charge in [-0.1, -0.05) is 35.9 Å². The summed E-state index contributed by atoms with van der Waals surface area (Å²) in [7, 11) is 1.60. The van der Waals surface area contributed by atoms with E-state index < -0.39 is 0 Å². The average molecular weight is 566 g/mol. The molecule has 1 atom stereocenters. The van der Waals surface area contributed by atoms with E-state index in [2.05, 4.69) is 29.0 Å². The summed E-state index contributed by atoms with van der Waals surface area (Å²) in [6.07, 6.45) is 6.29. The molecule has 7 heteroatoms. The predicted molar refractivity (Wildman–Crippen MR) is 161 cm³/mol. The Kier molecular flexibility index (Phi) is 6.95. The maximum Gasteiger partial charge on any atom is 0.191 e. The fourth-order valence-electron chi connectivity index (χ4n) is 6.96. The van der Waals surface area contributed by atoms with E-state index in [1.807, 2.05) is 35.0 Å². The standard InChI is InChI=1S/C34H32ClN3O3/c1-20(23-5-7-24(8-6-23)25-12-27(36-3)14-28(13-25)41-4)38-33-29(9-10-31(35)30(33)19-37-38)32(40)11-22-15-34(16-22)17-26(18-34)21(2)39/h5-10,12-14,19-20,22,26H,11,15-18H2,1-2,4H3. The third kappa shape index (κ3) is 4.93. The molecule has 1 unspecified atom stereocenters. The van der Waals surface area contributed by atoms with Gasteiger partial charge in [0.25, 0.3) is 0 Å². The zero-order chi connectivity index (χ0) is 28.9. The third-order valence-electron chi connectivity index (χ3n) is 9.21. The van der Waals surface area contributed by atoms with Crippen LogP contribution in [0.2, 0.25) is 5.02 Å². The molecule has 1 heterocycles. The van der Waals surface area contributed by atoms with E-state index in [-0.39, 0.29) is 17.7 Å². The molecule has 2 saturated carbocycles. The van der Waals surface area contributed by atoms with E-state index in [1.54, 1.807) is 32.4 Å². The van der Waals surface area contributed by atoms with Crippen molar-refractivity contribution in [1.82, 2.24) is 9.78 Å². The van der Waals surface area contributed by atoms with Crippen LogP contribution in [0, 0.1) is 23.8 Å². The molecular weight excluding hydrogens is 534 g/mol. The molecule has 2 fully saturated rings. The second-order valence-electron chi connectivity index (χ2n) is 11.9. The first-order valence-electron chi connectivity index (χ1n) is 14.1. The van der Waals surface area contributed by atoms with Crippen LogP contribution in [0.5, 0.6) is 5.75 Å². The van der Waals surface area contributed by atoms with E-state index in [9.17, 15) is 9.59 Å². The molecule has 0 saturated heterocycles. The second kappa shape index (κ2) is 10.5. The zero-order valence-corrected chi connectivity index (χ0v) is 24.2. The van der Waals surface area contributed by atoms with Crippen LogP contribution in [0.25, 0.3) is 26.9 Å². The van der Waals surface area contributed by atoms with Crippen molar-refractivity contribution in [3.63, 3.8) is 0 Å². The van der Waals surface area contributed by atoms with E-state index in [0.29, 0.717) is 45.6 Å². The number of methoxy groups -OCH3 is 1. The summed E-state index contributed by atoms with van der Waals surface area (Å²) in [5.74, 6) is 1.65. The summed E-state index contributed by atoms with van der Waals surface area (Å²) in [6, 6.07) is 17.2. The van der Waals surface area contributed by atoms with Crippen molar-refractivity contribution in [1.29, 1.82) is 0 Å². The highest BCUT2D eigenvalue weighted by Gasteiger charge is 2.54. The van der Waals surface area contributed by atoms with Crippen LogP contribution in [0.4, 0.5) is 5.69 Å². The van der Waals surface area contributed by atoms with Crippen molar-refractivity contribution in [3.05, 3.63) is 88.4 Å². The van der Waals surface area contributed by atoms with Crippen LogP contribution in [-0.2, 0) is 4.79 Å². The SMILES string of the molecule is [C-]#[N+]c1cc(OC)cc(-c2ccc(C(C)n3ncc4c(Cl)ccc(C(=O)CC5CC6(C5)CC(C(C)=O)C6)c43)cc2)c1. The van der Waals surface area contributed by atoms with E-state index in [1.165, 1.54) is 0 Å². The van der Waals surface area contributed by atoms with E-state index >= 15 is 0 Å². The van der Waals surface area contributed by atoms with E-state index in [0.717, 1.165) is 53.3 Å². The Morgan fingerprint density at radius 2 is 1.83 bits per heavy atom. The molecule has 41 heavy (non-hydrogen) atoms. The number of nitrogens with zero attached hydrogens (tertiary/aromatic N) is 3. The summed E-state index contributed by atoms with van der Waals surface area (Å²) in [5, 5.41) is 6.03. The highest BCUT2D eigenvalue weighted by atomic mass is 35.5. The van der Waals surface area contributed by atoms with Crippen LogP contribution in [-0.4, -0.2) is 28.5 Å². The number of hydrogen-bond acceptors (Lipinski definition) is 4. The topological polar surface area (TPSA) is 65.6 Å². The van der Waals surface area contributed by atoms with Crippen molar-refractivity contribution >= 4 is 39.8 Å². The van der Waals surface area contributed by atoms with Crippen LogP contribution >= 0.6 is 11.6 Å². The number of ketones is 2. The van der Waals surface area contributed by atoms with Gasteiger partial charge in [-0.25, -0.2) is 4.85 Å². The first-order valence-corrected chi connectivity index (χ1v) is 14.4. The average Bonchev–Trinajstić information content (AvgIpc) is 3.39. The number of carbonyl (C=O) groups excluding carboxylic acids is 2. The number of Topliss-reactive ketones (excluding diaryl/α,β-unsaturated/α-hetero) is 2. The summed E-state index contributed by atoms with van der Waals surface area (Å²) in [4.78, 5) is 28.8. The van der Waals surface area contributed by atoms with Gasteiger partial charge in [0.05, 0.1) is 36.5 Å². The Morgan fingerprint density at radius 3 is 2.49 bits per heavy atom. The van der Waals surface area contributed by atoms with Crippen LogP contribution in [0.1, 0.15) is 67.9 Å². The highest BCUT2D eigenvalue weighted by Crippen LogP contribution is 2.62. The van der Waals surface area contributed by atoms with Gasteiger partial charge >= 0.3 is 0 Å². The number of halogens is 1. The minimum Gasteiger partial charge on any atom is -0.498 e. The predicted octanol–water partition coefficient (Wildman–Crippen LogP) is 8.49. The van der Waals surface area contributed by atoms with Crippen molar-refractivity contribution < 1.29 is 14.3 Å². The summed E-state index contributed by atoms with van der Waals surface area (Å²) in [5.41, 5.74) is 5.17. The number of fused-ring (bicyclic) bond motifs is 1. The van der Waals surface area contributed by atoms with Gasteiger partial charge in [-0.2, -0.15) is 5.10 Å². The molecule has 1 aromatic heterocycles. The molecule has 0 bridgehead atoms. The fourth-order valence-corrected chi connectivity index (χ4v) is 7.17. The van der Waals surface area contributed by atoms with Gasteiger partial charge in [0, 0.05) is 23.3 Å². The van der Waals surface area contributed by atoms with E-state index in [4.69, 9.17) is 22.9 Å². The van der Waals surface area contributed by atoms with Crippen LogP contribution in [0.15, 0.2) is 60.8 Å². The monoisotopic (exact) mass is 565 g/mol. The Morgan fingerprint density at radius 1 is 1.10 bits per heavy atom. The molecule has 0 radical (unpaired) electrons. The number of benzene rings is 3. The summed E-state index contributed by atoms with van der Waals surface area (Å²) in [6.45, 7) is 11.1. The lowest BCUT2D eigenvalue weighted by Gasteiger charge is -2.57. The number of rotatable bonds is 8. The van der Waals surface area contributed by atoms with Crippen LogP contribution in [0.3, 0.4) is 0 Å². The molecule has 0 aliphatic heterocycles. The lowest BCUT2D eigenvalue weighted by atomic mass is 9.47. The van der Waals surface area contributed by atoms with Crippen molar-refractivity contribution in [2.24, 2.45) is 17.3 Å². The maximum absolute atomic E-state index is 13.6. The van der Waals surface area contributed by atoms with Gasteiger partial charge in [-0.05, 0) is 97.9 Å². The Balaban J connectivity index is 1.23. The Bertz CT molecular complexity index is 1700. The molecule has 2 aliphatic carbocycles. The number of aromatic nitrogens is 2. The second-order valence-corrected chi connectivity index (χ2v) is 12.3. The first kappa shape index (κ1) is 27.2. The minimum atomic E-state index is -0.138. The van der Waals surface area contributed by atoms with Crippen molar-refractivity contribution in [2.75, 3.05) is 7.11 Å². The van der Waals surface area contributed by atoms with Gasteiger partial charge in [0.1, 0.15) is 11.5 Å².